The number of anilines is 3. The summed E-state index contributed by atoms with van der Waals surface area (Å²) in [7, 11) is 0. The lowest BCUT2D eigenvalue weighted by atomic mass is 10.1. The van der Waals surface area contributed by atoms with E-state index in [0.29, 0.717) is 6.67 Å². The highest BCUT2D eigenvalue weighted by molar-refractivity contribution is 5.57. The number of nitrogens with two attached hydrogens (primary N) is 1. The minimum Gasteiger partial charge on any atom is -0.398 e. The number of rotatable bonds is 11. The molecule has 0 saturated carbocycles. The van der Waals surface area contributed by atoms with Crippen LogP contribution in [0, 0.1) is 0 Å². The monoisotopic (exact) mass is 477 g/mol. The van der Waals surface area contributed by atoms with Crippen molar-refractivity contribution in [2.24, 2.45) is 0 Å². The van der Waals surface area contributed by atoms with Crippen molar-refractivity contribution >= 4 is 29.5 Å². The number of benzene rings is 4. The Morgan fingerprint density at radius 1 is 0.778 bits per heavy atom. The van der Waals surface area contributed by atoms with Gasteiger partial charge in [0.25, 0.3) is 0 Å². The fourth-order valence-electron chi connectivity index (χ4n) is 4.39. The van der Waals surface area contributed by atoms with E-state index in [1.165, 1.54) is 16.7 Å². The highest BCUT2D eigenvalue weighted by Gasteiger charge is 2.14. The van der Waals surface area contributed by atoms with E-state index in [-0.39, 0.29) is 0 Å². The van der Waals surface area contributed by atoms with Crippen molar-refractivity contribution in [3.8, 4) is 0 Å². The van der Waals surface area contributed by atoms with Gasteiger partial charge in [-0.2, -0.15) is 0 Å². The summed E-state index contributed by atoms with van der Waals surface area (Å²) in [5.74, 6) is 0. The molecular formula is C32H37N4+. The fraction of sp³-hybridized carbons (Fsp3) is 0.219. The molecule has 0 aromatic heterocycles. The minimum atomic E-state index is 0.654. The molecule has 4 rings (SSSR count). The molecule has 0 fully saturated rings. The average Bonchev–Trinajstić information content (AvgIpc) is 2.93. The zero-order valence-electron chi connectivity index (χ0n) is 21.5. The first-order valence-corrected chi connectivity index (χ1v) is 12.7. The van der Waals surface area contributed by atoms with Gasteiger partial charge < -0.3 is 16.0 Å². The van der Waals surface area contributed by atoms with Crippen molar-refractivity contribution in [1.82, 2.24) is 0 Å². The van der Waals surface area contributed by atoms with Crippen molar-refractivity contribution in [2.75, 3.05) is 22.6 Å². The van der Waals surface area contributed by atoms with Crippen molar-refractivity contribution in [3.05, 3.63) is 119 Å². The van der Waals surface area contributed by atoms with Crippen molar-refractivity contribution in [3.63, 3.8) is 0 Å². The Balaban J connectivity index is 1.58. The van der Waals surface area contributed by atoms with Crippen LogP contribution in [0.15, 0.2) is 97.1 Å². The molecule has 4 aromatic rings. The van der Waals surface area contributed by atoms with Crippen LogP contribution >= 0.6 is 0 Å². The van der Waals surface area contributed by atoms with E-state index in [2.05, 4.69) is 104 Å². The van der Waals surface area contributed by atoms with Crippen molar-refractivity contribution in [1.29, 1.82) is 0 Å². The van der Waals surface area contributed by atoms with Gasteiger partial charge in [-0.3, -0.25) is 0 Å². The fourth-order valence-corrected chi connectivity index (χ4v) is 4.39. The maximum absolute atomic E-state index is 6.38. The Bertz CT molecular complexity index is 1280. The summed E-state index contributed by atoms with van der Waals surface area (Å²) in [6.07, 6.45) is 1.99. The van der Waals surface area contributed by atoms with E-state index in [9.17, 15) is 0 Å². The third-order valence-electron chi connectivity index (χ3n) is 6.62. The van der Waals surface area contributed by atoms with Crippen LogP contribution in [0.2, 0.25) is 0 Å². The van der Waals surface area contributed by atoms with Gasteiger partial charge in [-0.1, -0.05) is 68.4 Å². The lowest BCUT2D eigenvalue weighted by Gasteiger charge is -2.27. The molecule has 3 N–H and O–H groups in total. The maximum atomic E-state index is 6.38. The second-order valence-electron chi connectivity index (χ2n) is 9.13. The summed E-state index contributed by atoms with van der Waals surface area (Å²) < 4.78 is 2.05. The highest BCUT2D eigenvalue weighted by atomic mass is 15.2. The third kappa shape index (κ3) is 6.33. The number of nitrogens with one attached hydrogen (secondary N) is 1. The predicted molar refractivity (Wildman–Crippen MR) is 154 cm³/mol. The average molecular weight is 478 g/mol. The van der Waals surface area contributed by atoms with Crippen LogP contribution in [0.5, 0.6) is 0 Å². The van der Waals surface area contributed by atoms with Gasteiger partial charge in [0.2, 0.25) is 5.69 Å². The zero-order valence-corrected chi connectivity index (χ0v) is 21.5. The predicted octanol–water partition coefficient (Wildman–Crippen LogP) is 7.01. The molecule has 0 unspecified atom stereocenters. The molecular weight excluding hydrogens is 440 g/mol. The Hall–Kier alpha value is -4.05. The van der Waals surface area contributed by atoms with Crippen LogP contribution in [0.1, 0.15) is 36.1 Å². The zero-order chi connectivity index (χ0) is 25.3. The molecule has 0 bridgehead atoms. The van der Waals surface area contributed by atoms with Crippen molar-refractivity contribution < 1.29 is 4.58 Å². The first-order valence-electron chi connectivity index (χ1n) is 12.7. The van der Waals surface area contributed by atoms with Crippen LogP contribution in [-0.2, 0) is 25.9 Å². The van der Waals surface area contributed by atoms with Crippen LogP contribution in [0.3, 0.4) is 0 Å². The van der Waals surface area contributed by atoms with Gasteiger partial charge >= 0.3 is 0 Å². The van der Waals surface area contributed by atoms with E-state index in [4.69, 9.17) is 5.73 Å². The van der Waals surface area contributed by atoms with Gasteiger partial charge in [-0.15, -0.1) is 0 Å². The molecule has 4 heteroatoms. The number of para-hydroxylation sites is 2. The molecule has 0 atom stereocenters. The Kier molecular flexibility index (Phi) is 8.40. The molecule has 0 radical (unpaired) electrons. The largest absolute Gasteiger partial charge is 0.398 e. The number of nitrogen functional groups attached to an aromatic ring is 1. The summed E-state index contributed by atoms with van der Waals surface area (Å²) >= 11 is 0. The quantitative estimate of drug-likeness (QED) is 0.106. The minimum absolute atomic E-state index is 0.654. The standard InChI is InChI=1S/C32H37N4/c1-4-25-16-18-31(33)27(20-25)23-36(30-14-10-7-11-15-30)24-34-32-19-17-26(5-2)21-28(32)22-35(3)29-12-8-6-9-13-29/h6-21,34H,3-5,22-24,33H2,1-2H3/q+1. The summed E-state index contributed by atoms with van der Waals surface area (Å²) in [6, 6.07) is 33.9. The molecule has 36 heavy (non-hydrogen) atoms. The van der Waals surface area contributed by atoms with E-state index in [0.717, 1.165) is 54.2 Å². The summed E-state index contributed by atoms with van der Waals surface area (Å²) in [5, 5.41) is 3.72. The summed E-state index contributed by atoms with van der Waals surface area (Å²) in [4.78, 5) is 2.34. The van der Waals surface area contributed by atoms with Crippen LogP contribution in [0.4, 0.5) is 22.7 Å². The topological polar surface area (TPSA) is 44.3 Å². The molecule has 0 amide bonds. The van der Waals surface area contributed by atoms with E-state index >= 15 is 0 Å². The van der Waals surface area contributed by atoms with E-state index in [1.54, 1.807) is 0 Å². The molecule has 0 spiro atoms. The van der Waals surface area contributed by atoms with Gasteiger partial charge in [-0.05, 0) is 59.9 Å². The molecule has 184 valence electrons. The van der Waals surface area contributed by atoms with Gasteiger partial charge in [0.1, 0.15) is 6.72 Å². The number of nitrogens with zero attached hydrogens (tertiary/aromatic N) is 2. The van der Waals surface area contributed by atoms with Gasteiger partial charge in [0.15, 0.2) is 6.54 Å². The lowest BCUT2D eigenvalue weighted by Crippen LogP contribution is -2.29. The van der Waals surface area contributed by atoms with Gasteiger partial charge in [0.05, 0.1) is 6.67 Å². The highest BCUT2D eigenvalue weighted by Crippen LogP contribution is 2.25. The normalized spacial score (nSPS) is 10.7. The number of aryl methyl sites for hydroxylation is 2. The van der Waals surface area contributed by atoms with Crippen LogP contribution in [0.25, 0.3) is 0 Å². The molecule has 0 heterocycles. The number of hydrogen-bond donors (Lipinski definition) is 2. The molecule has 0 saturated heterocycles. The maximum Gasteiger partial charge on any atom is 0.204 e. The molecule has 4 nitrogen and oxygen atoms in total. The Labute approximate surface area is 215 Å². The SMILES string of the molecule is C=[N+](Cc1cc(CC)ccc1NCN(Cc1cc(CC)ccc1N)c1ccccc1)c1ccccc1. The molecule has 4 aromatic carbocycles. The van der Waals surface area contributed by atoms with Crippen LogP contribution in [-0.4, -0.2) is 18.0 Å². The molecule has 0 aliphatic rings. The molecule has 0 aliphatic carbocycles. The number of hydrogen-bond acceptors (Lipinski definition) is 3. The summed E-state index contributed by atoms with van der Waals surface area (Å²) in [6.45, 7) is 10.8. The van der Waals surface area contributed by atoms with Gasteiger partial charge in [-0.25, -0.2) is 4.58 Å². The Morgan fingerprint density at radius 2 is 1.39 bits per heavy atom. The second kappa shape index (κ2) is 12.1. The lowest BCUT2D eigenvalue weighted by molar-refractivity contribution is -0.448. The second-order valence-corrected chi connectivity index (χ2v) is 9.13. The van der Waals surface area contributed by atoms with E-state index < -0.39 is 0 Å². The van der Waals surface area contributed by atoms with Crippen molar-refractivity contribution in [2.45, 2.75) is 39.8 Å². The van der Waals surface area contributed by atoms with E-state index in [1.807, 2.05) is 28.8 Å². The first-order chi connectivity index (χ1) is 17.6. The smallest absolute Gasteiger partial charge is 0.204 e. The van der Waals surface area contributed by atoms with Crippen LogP contribution < -0.4 is 16.0 Å². The van der Waals surface area contributed by atoms with Gasteiger partial charge in [0, 0.05) is 41.3 Å². The third-order valence-corrected chi connectivity index (χ3v) is 6.62. The Morgan fingerprint density at radius 3 is 2.06 bits per heavy atom. The first kappa shape index (κ1) is 25.1. The summed E-state index contributed by atoms with van der Waals surface area (Å²) in [5.41, 5.74) is 15.6. The molecule has 0 aliphatic heterocycles.